The summed E-state index contributed by atoms with van der Waals surface area (Å²) >= 11 is 14.2. The van der Waals surface area contributed by atoms with Gasteiger partial charge in [0.25, 0.3) is 0 Å². The molecule has 0 aliphatic carbocycles. The van der Waals surface area contributed by atoms with Crippen LogP contribution in [0.4, 0.5) is 0 Å². The van der Waals surface area contributed by atoms with Crippen LogP contribution in [-0.2, 0) is 0 Å². The molecule has 12 heavy (non-hydrogen) atoms. The normalized spacial score (nSPS) is 11.4. The van der Waals surface area contributed by atoms with Crippen molar-refractivity contribution in [1.82, 2.24) is 0 Å². The SMILES string of the molecule is ClC=C(Cl)Oc1cccc(Br)c1. The molecule has 0 heterocycles. The lowest BCUT2D eigenvalue weighted by atomic mass is 10.3. The lowest BCUT2D eigenvalue weighted by Gasteiger charge is -2.02. The maximum Gasteiger partial charge on any atom is 0.205 e. The molecule has 0 atom stereocenters. The third kappa shape index (κ3) is 3.05. The van der Waals surface area contributed by atoms with E-state index in [1.807, 2.05) is 12.1 Å². The summed E-state index contributed by atoms with van der Waals surface area (Å²) in [7, 11) is 0. The minimum Gasteiger partial charge on any atom is -0.444 e. The van der Waals surface area contributed by atoms with Crippen LogP contribution in [0.5, 0.6) is 5.75 Å². The number of hydrogen-bond acceptors (Lipinski definition) is 1. The van der Waals surface area contributed by atoms with Crippen LogP contribution < -0.4 is 4.74 Å². The Labute approximate surface area is 89.1 Å². The molecule has 1 nitrogen and oxygen atoms in total. The summed E-state index contributed by atoms with van der Waals surface area (Å²) in [4.78, 5) is 0. The van der Waals surface area contributed by atoms with E-state index in [1.54, 1.807) is 12.1 Å². The average Bonchev–Trinajstić information content (AvgIpc) is 2.04. The lowest BCUT2D eigenvalue weighted by molar-refractivity contribution is 0.463. The van der Waals surface area contributed by atoms with Gasteiger partial charge in [0.2, 0.25) is 5.22 Å². The third-order valence-electron chi connectivity index (χ3n) is 1.10. The molecule has 0 aromatic heterocycles. The van der Waals surface area contributed by atoms with Crippen molar-refractivity contribution < 1.29 is 4.74 Å². The van der Waals surface area contributed by atoms with E-state index in [2.05, 4.69) is 15.9 Å². The topological polar surface area (TPSA) is 9.23 Å². The van der Waals surface area contributed by atoms with Gasteiger partial charge in [0, 0.05) is 4.47 Å². The summed E-state index contributed by atoms with van der Waals surface area (Å²) < 4.78 is 6.04. The van der Waals surface area contributed by atoms with Crippen LogP contribution in [0.1, 0.15) is 0 Å². The molecule has 0 saturated heterocycles. The Morgan fingerprint density at radius 2 is 2.25 bits per heavy atom. The van der Waals surface area contributed by atoms with E-state index >= 15 is 0 Å². The zero-order chi connectivity index (χ0) is 8.97. The summed E-state index contributed by atoms with van der Waals surface area (Å²) in [6, 6.07) is 7.32. The quantitative estimate of drug-likeness (QED) is 0.733. The minimum atomic E-state index is 0.148. The van der Waals surface area contributed by atoms with Crippen LogP contribution in [0.3, 0.4) is 0 Å². The fraction of sp³-hybridized carbons (Fsp3) is 0. The van der Waals surface area contributed by atoms with Gasteiger partial charge in [-0.15, -0.1) is 0 Å². The molecular formula is C8H5BrCl2O. The Bertz CT molecular complexity index is 299. The molecule has 0 aliphatic heterocycles. The molecule has 0 bridgehead atoms. The zero-order valence-electron chi connectivity index (χ0n) is 5.93. The number of halogens is 3. The van der Waals surface area contributed by atoms with Gasteiger partial charge < -0.3 is 4.74 Å². The largest absolute Gasteiger partial charge is 0.444 e. The first-order chi connectivity index (χ1) is 5.72. The molecule has 1 rings (SSSR count). The Morgan fingerprint density at radius 1 is 1.50 bits per heavy atom. The molecule has 4 heteroatoms. The first-order valence-corrected chi connectivity index (χ1v) is 4.72. The maximum absolute atomic E-state index is 5.54. The van der Waals surface area contributed by atoms with Gasteiger partial charge in [-0.25, -0.2) is 0 Å². The van der Waals surface area contributed by atoms with Gasteiger partial charge in [-0.05, 0) is 29.8 Å². The van der Waals surface area contributed by atoms with Crippen LogP contribution in [0.2, 0.25) is 0 Å². The number of benzene rings is 1. The molecule has 0 amide bonds. The number of rotatable bonds is 2. The molecule has 1 aromatic carbocycles. The molecule has 0 spiro atoms. The Morgan fingerprint density at radius 3 is 2.83 bits per heavy atom. The molecule has 0 saturated carbocycles. The standard InChI is InChI=1S/C8H5BrCl2O/c9-6-2-1-3-7(4-6)12-8(11)5-10/h1-5H. The molecule has 1 aromatic rings. The molecule has 0 fully saturated rings. The Balaban J connectivity index is 2.76. The second-order valence-corrected chi connectivity index (χ2v) is 3.48. The first kappa shape index (κ1) is 9.90. The Hall–Kier alpha value is -0.180. The van der Waals surface area contributed by atoms with Crippen LogP contribution in [0.15, 0.2) is 39.5 Å². The van der Waals surface area contributed by atoms with E-state index in [0.717, 1.165) is 4.47 Å². The van der Waals surface area contributed by atoms with Gasteiger partial charge in [-0.2, -0.15) is 0 Å². The van der Waals surface area contributed by atoms with Gasteiger partial charge in [0.15, 0.2) is 0 Å². The Kier molecular flexibility index (Phi) is 3.92. The summed E-state index contributed by atoms with van der Waals surface area (Å²) in [5.41, 5.74) is 1.17. The molecule has 0 aliphatic rings. The smallest absolute Gasteiger partial charge is 0.205 e. The summed E-state index contributed by atoms with van der Waals surface area (Å²) in [5.74, 6) is 0.645. The predicted octanol–water partition coefficient (Wildman–Crippen LogP) is 4.10. The van der Waals surface area contributed by atoms with E-state index in [-0.39, 0.29) is 5.22 Å². The van der Waals surface area contributed by atoms with E-state index in [9.17, 15) is 0 Å². The zero-order valence-corrected chi connectivity index (χ0v) is 9.03. The van der Waals surface area contributed by atoms with Crippen molar-refractivity contribution in [3.63, 3.8) is 0 Å². The van der Waals surface area contributed by atoms with Crippen molar-refractivity contribution in [2.75, 3.05) is 0 Å². The number of ether oxygens (including phenoxy) is 1. The van der Waals surface area contributed by atoms with E-state index in [4.69, 9.17) is 27.9 Å². The average molecular weight is 268 g/mol. The summed E-state index contributed by atoms with van der Waals surface area (Å²) in [5, 5.41) is 0.148. The highest BCUT2D eigenvalue weighted by Gasteiger charge is 1.96. The van der Waals surface area contributed by atoms with Crippen LogP contribution in [0, 0.1) is 0 Å². The molecule has 0 radical (unpaired) electrons. The van der Waals surface area contributed by atoms with Gasteiger partial charge in [0.1, 0.15) is 5.75 Å². The predicted molar refractivity (Wildman–Crippen MR) is 54.6 cm³/mol. The summed E-state index contributed by atoms with van der Waals surface area (Å²) in [6.45, 7) is 0. The van der Waals surface area contributed by atoms with Crippen molar-refractivity contribution in [1.29, 1.82) is 0 Å². The fourth-order valence-corrected chi connectivity index (χ4v) is 1.18. The van der Waals surface area contributed by atoms with Crippen molar-refractivity contribution in [2.24, 2.45) is 0 Å². The minimum absolute atomic E-state index is 0.148. The first-order valence-electron chi connectivity index (χ1n) is 3.11. The van der Waals surface area contributed by atoms with Gasteiger partial charge in [-0.3, -0.25) is 0 Å². The van der Waals surface area contributed by atoms with Crippen LogP contribution in [0.25, 0.3) is 0 Å². The molecule has 0 N–H and O–H groups in total. The lowest BCUT2D eigenvalue weighted by Crippen LogP contribution is -1.86. The summed E-state index contributed by atoms with van der Waals surface area (Å²) in [6.07, 6.45) is 0. The highest BCUT2D eigenvalue weighted by molar-refractivity contribution is 9.10. The van der Waals surface area contributed by atoms with Crippen LogP contribution in [-0.4, -0.2) is 0 Å². The second-order valence-electron chi connectivity index (χ2n) is 1.97. The highest BCUT2D eigenvalue weighted by Crippen LogP contribution is 2.20. The van der Waals surface area contributed by atoms with E-state index in [0.29, 0.717) is 5.75 Å². The van der Waals surface area contributed by atoms with Crippen molar-refractivity contribution >= 4 is 39.1 Å². The molecule has 64 valence electrons. The molecule has 0 unspecified atom stereocenters. The number of hydrogen-bond donors (Lipinski definition) is 0. The third-order valence-corrected chi connectivity index (χ3v) is 2.09. The van der Waals surface area contributed by atoms with E-state index in [1.165, 1.54) is 5.54 Å². The van der Waals surface area contributed by atoms with Gasteiger partial charge >= 0.3 is 0 Å². The maximum atomic E-state index is 5.54. The fourth-order valence-electron chi connectivity index (χ4n) is 0.665. The van der Waals surface area contributed by atoms with Crippen LogP contribution >= 0.6 is 39.1 Å². The van der Waals surface area contributed by atoms with Gasteiger partial charge in [-0.1, -0.05) is 33.6 Å². The van der Waals surface area contributed by atoms with Crippen molar-refractivity contribution in [3.05, 3.63) is 39.5 Å². The van der Waals surface area contributed by atoms with Crippen molar-refractivity contribution in [2.45, 2.75) is 0 Å². The van der Waals surface area contributed by atoms with Crippen molar-refractivity contribution in [3.8, 4) is 5.75 Å². The second kappa shape index (κ2) is 4.75. The molecular weight excluding hydrogens is 263 g/mol. The van der Waals surface area contributed by atoms with E-state index < -0.39 is 0 Å². The monoisotopic (exact) mass is 266 g/mol. The highest BCUT2D eigenvalue weighted by atomic mass is 79.9. The van der Waals surface area contributed by atoms with Gasteiger partial charge in [0.05, 0.1) is 5.54 Å².